The summed E-state index contributed by atoms with van der Waals surface area (Å²) in [5.74, 6) is -1.26. The fourth-order valence-corrected chi connectivity index (χ4v) is 6.49. The molecule has 1 aromatic carbocycles. The number of aryl methyl sites for hydroxylation is 1. The molecule has 4 rings (SSSR count). The number of halogens is 1. The second-order valence-corrected chi connectivity index (χ2v) is 11.0. The molecule has 2 aromatic heterocycles. The summed E-state index contributed by atoms with van der Waals surface area (Å²) in [5.41, 5.74) is 2.15. The molecular formula is C23H23FN4O4S3. The van der Waals surface area contributed by atoms with Gasteiger partial charge < -0.3 is 15.4 Å². The monoisotopic (exact) mass is 534 g/mol. The highest BCUT2D eigenvalue weighted by molar-refractivity contribution is 8.01. The van der Waals surface area contributed by atoms with Crippen molar-refractivity contribution < 1.29 is 23.5 Å². The number of thioether (sulfide) groups is 1. The highest BCUT2D eigenvalue weighted by atomic mass is 32.2. The Morgan fingerprint density at radius 3 is 2.60 bits per heavy atom. The molecule has 1 aliphatic rings. The number of carbonyl (C=O) groups excluding carboxylic acids is 3. The molecule has 0 fully saturated rings. The highest BCUT2D eigenvalue weighted by Crippen LogP contribution is 2.38. The smallest absolute Gasteiger partial charge is 0.341 e. The van der Waals surface area contributed by atoms with Gasteiger partial charge in [0.2, 0.25) is 16.9 Å². The molecule has 0 saturated heterocycles. The van der Waals surface area contributed by atoms with E-state index in [9.17, 15) is 18.8 Å². The molecule has 12 heteroatoms. The summed E-state index contributed by atoms with van der Waals surface area (Å²) in [6.07, 6.45) is 3.87. The largest absolute Gasteiger partial charge is 0.462 e. The second-order valence-electron chi connectivity index (χ2n) is 7.70. The number of fused-ring (bicyclic) bond motifs is 1. The number of thiophene rings is 1. The van der Waals surface area contributed by atoms with Crippen LogP contribution in [0.1, 0.15) is 46.1 Å². The van der Waals surface area contributed by atoms with E-state index in [-0.39, 0.29) is 36.4 Å². The Bertz CT molecular complexity index is 1230. The first-order chi connectivity index (χ1) is 16.9. The zero-order chi connectivity index (χ0) is 24.8. The number of carbonyl (C=O) groups is 3. The third-order valence-corrected chi connectivity index (χ3v) is 8.34. The van der Waals surface area contributed by atoms with Crippen molar-refractivity contribution in [2.45, 2.75) is 43.4 Å². The number of anilines is 2. The summed E-state index contributed by atoms with van der Waals surface area (Å²) < 4.78 is 18.7. The third-order valence-electron chi connectivity index (χ3n) is 5.16. The fourth-order valence-electron chi connectivity index (χ4n) is 3.63. The van der Waals surface area contributed by atoms with Crippen LogP contribution in [0.2, 0.25) is 0 Å². The molecule has 8 nitrogen and oxygen atoms in total. The topological polar surface area (TPSA) is 110 Å². The van der Waals surface area contributed by atoms with Gasteiger partial charge >= 0.3 is 5.97 Å². The summed E-state index contributed by atoms with van der Waals surface area (Å²) in [6.45, 7) is 2.03. The molecule has 2 N–H and O–H groups in total. The first-order valence-electron chi connectivity index (χ1n) is 11.0. The van der Waals surface area contributed by atoms with Crippen LogP contribution in [0.25, 0.3) is 0 Å². The number of hydrogen-bond donors (Lipinski definition) is 2. The number of benzene rings is 1. The second kappa shape index (κ2) is 11.7. The molecule has 3 aromatic rings. The average molecular weight is 535 g/mol. The number of ether oxygens (including phenoxy) is 1. The van der Waals surface area contributed by atoms with E-state index in [0.29, 0.717) is 25.6 Å². The lowest BCUT2D eigenvalue weighted by atomic mass is 9.95. The van der Waals surface area contributed by atoms with Crippen molar-refractivity contribution in [3.8, 4) is 0 Å². The van der Waals surface area contributed by atoms with Crippen molar-refractivity contribution in [1.82, 2.24) is 10.2 Å². The number of nitrogens with zero attached hydrogens (tertiary/aromatic N) is 2. The summed E-state index contributed by atoms with van der Waals surface area (Å²) in [6, 6.07) is 5.70. The number of nitrogens with one attached hydrogen (secondary N) is 2. The number of esters is 1. The number of hydrogen-bond acceptors (Lipinski definition) is 9. The van der Waals surface area contributed by atoms with E-state index in [2.05, 4.69) is 20.8 Å². The van der Waals surface area contributed by atoms with Gasteiger partial charge in [-0.1, -0.05) is 35.2 Å². The molecule has 2 amide bonds. The molecule has 0 spiro atoms. The predicted octanol–water partition coefficient (Wildman–Crippen LogP) is 4.71. The standard InChI is InChI=1S/C23H23FN4O4S3/c1-2-32-21(31)19-15-5-3-4-6-16(15)34-20(19)25-18(30)12-33-23-28-27-22(35-23)26-17(29)11-13-7-9-14(24)10-8-13/h7-10H,2-6,11-12H2,1H3,(H,25,30)(H,26,27,29). The van der Waals surface area contributed by atoms with Gasteiger partial charge in [0, 0.05) is 4.88 Å². The Kier molecular flexibility index (Phi) is 8.47. The molecule has 0 atom stereocenters. The molecule has 1 aliphatic carbocycles. The van der Waals surface area contributed by atoms with Crippen LogP contribution in [0.5, 0.6) is 0 Å². The van der Waals surface area contributed by atoms with Gasteiger partial charge in [-0.25, -0.2) is 9.18 Å². The van der Waals surface area contributed by atoms with E-state index < -0.39 is 5.97 Å². The van der Waals surface area contributed by atoms with Crippen LogP contribution in [0.3, 0.4) is 0 Å². The molecule has 184 valence electrons. The van der Waals surface area contributed by atoms with E-state index in [1.54, 1.807) is 19.1 Å². The van der Waals surface area contributed by atoms with Crippen molar-refractivity contribution in [2.24, 2.45) is 0 Å². The van der Waals surface area contributed by atoms with Gasteiger partial charge in [-0.2, -0.15) is 0 Å². The van der Waals surface area contributed by atoms with Gasteiger partial charge in [0.1, 0.15) is 10.8 Å². The molecule has 2 heterocycles. The SMILES string of the molecule is CCOC(=O)c1c(NC(=O)CSc2nnc(NC(=O)Cc3ccc(F)cc3)s2)sc2c1CCCC2. The number of amides is 2. The van der Waals surface area contributed by atoms with Crippen molar-refractivity contribution >= 4 is 62.4 Å². The van der Waals surface area contributed by atoms with E-state index >= 15 is 0 Å². The molecule has 0 unspecified atom stereocenters. The van der Waals surface area contributed by atoms with Crippen molar-refractivity contribution in [3.05, 3.63) is 51.7 Å². The maximum Gasteiger partial charge on any atom is 0.341 e. The van der Waals surface area contributed by atoms with Gasteiger partial charge in [-0.05, 0) is 55.9 Å². The lowest BCUT2D eigenvalue weighted by Gasteiger charge is -2.12. The Morgan fingerprint density at radius 2 is 1.83 bits per heavy atom. The van der Waals surface area contributed by atoms with Crippen molar-refractivity contribution in [1.29, 1.82) is 0 Å². The first-order valence-corrected chi connectivity index (χ1v) is 13.7. The predicted molar refractivity (Wildman–Crippen MR) is 135 cm³/mol. The summed E-state index contributed by atoms with van der Waals surface area (Å²) >= 11 is 3.79. The molecule has 0 aliphatic heterocycles. The Balaban J connectivity index is 1.32. The molecule has 0 saturated carbocycles. The van der Waals surface area contributed by atoms with Gasteiger partial charge in [-0.15, -0.1) is 21.5 Å². The molecule has 0 bridgehead atoms. The van der Waals surface area contributed by atoms with Crippen LogP contribution < -0.4 is 10.6 Å². The number of aromatic nitrogens is 2. The molecular weight excluding hydrogens is 511 g/mol. The molecule has 35 heavy (non-hydrogen) atoms. The fraction of sp³-hybridized carbons (Fsp3) is 0.348. The zero-order valence-corrected chi connectivity index (χ0v) is 21.3. The van der Waals surface area contributed by atoms with Crippen LogP contribution in [-0.2, 0) is 33.6 Å². The van der Waals surface area contributed by atoms with Crippen molar-refractivity contribution in [2.75, 3.05) is 23.0 Å². The molecule has 0 radical (unpaired) electrons. The first kappa shape index (κ1) is 25.3. The van der Waals surface area contributed by atoms with Crippen LogP contribution in [-0.4, -0.2) is 40.3 Å². The van der Waals surface area contributed by atoms with Crippen LogP contribution in [0.4, 0.5) is 14.5 Å². The summed E-state index contributed by atoms with van der Waals surface area (Å²) in [5, 5.41) is 14.3. The quantitative estimate of drug-likeness (QED) is 0.232. The van der Waals surface area contributed by atoms with Gasteiger partial charge in [0.25, 0.3) is 0 Å². The normalized spacial score (nSPS) is 12.6. The van der Waals surface area contributed by atoms with Crippen LogP contribution >= 0.6 is 34.4 Å². The van der Waals surface area contributed by atoms with E-state index in [1.165, 1.54) is 35.2 Å². The third kappa shape index (κ3) is 6.65. The Morgan fingerprint density at radius 1 is 1.06 bits per heavy atom. The van der Waals surface area contributed by atoms with E-state index in [0.717, 1.165) is 47.5 Å². The zero-order valence-electron chi connectivity index (χ0n) is 18.9. The van der Waals surface area contributed by atoms with Gasteiger partial charge in [-0.3, -0.25) is 9.59 Å². The summed E-state index contributed by atoms with van der Waals surface area (Å²) in [4.78, 5) is 38.5. The Hall–Kier alpha value is -2.83. The highest BCUT2D eigenvalue weighted by Gasteiger charge is 2.27. The van der Waals surface area contributed by atoms with E-state index in [1.807, 2.05) is 0 Å². The lowest BCUT2D eigenvalue weighted by Crippen LogP contribution is -2.17. The lowest BCUT2D eigenvalue weighted by molar-refractivity contribution is -0.115. The van der Waals surface area contributed by atoms with Gasteiger partial charge in [0.15, 0.2) is 4.34 Å². The van der Waals surface area contributed by atoms with Crippen LogP contribution in [0, 0.1) is 5.82 Å². The summed E-state index contributed by atoms with van der Waals surface area (Å²) in [7, 11) is 0. The Labute approximate surface area is 213 Å². The maximum atomic E-state index is 13.0. The van der Waals surface area contributed by atoms with Crippen LogP contribution in [0.15, 0.2) is 28.6 Å². The maximum absolute atomic E-state index is 13.0. The minimum absolute atomic E-state index is 0.0724. The average Bonchev–Trinajstić information content (AvgIpc) is 3.43. The minimum atomic E-state index is -0.403. The minimum Gasteiger partial charge on any atom is -0.462 e. The van der Waals surface area contributed by atoms with Crippen molar-refractivity contribution in [3.63, 3.8) is 0 Å². The number of rotatable bonds is 9. The van der Waals surface area contributed by atoms with E-state index in [4.69, 9.17) is 4.74 Å². The van der Waals surface area contributed by atoms with Gasteiger partial charge in [0.05, 0.1) is 24.3 Å².